The van der Waals surface area contributed by atoms with E-state index in [0.717, 1.165) is 27.9 Å². The van der Waals surface area contributed by atoms with Crippen LogP contribution in [0.3, 0.4) is 0 Å². The van der Waals surface area contributed by atoms with Gasteiger partial charge in [0.1, 0.15) is 6.04 Å². The second kappa shape index (κ2) is 10.6. The smallest absolute Gasteiger partial charge is 0.295 e. The first kappa shape index (κ1) is 24.8. The largest absolute Gasteiger partial charge is 0.381 e. The molecule has 2 atom stereocenters. The van der Waals surface area contributed by atoms with Gasteiger partial charge in [-0.25, -0.2) is 18.7 Å². The van der Waals surface area contributed by atoms with Gasteiger partial charge >= 0.3 is 0 Å². The Morgan fingerprint density at radius 3 is 2.67 bits per heavy atom. The number of fused-ring (bicyclic) bond motifs is 1. The highest BCUT2D eigenvalue weighted by Crippen LogP contribution is 2.33. The van der Waals surface area contributed by atoms with Crippen LogP contribution in [-0.4, -0.2) is 46.2 Å². The molecule has 192 valence electrons. The number of benzene rings is 1. The molecule has 0 radical (unpaired) electrons. The van der Waals surface area contributed by atoms with Gasteiger partial charge in [0.15, 0.2) is 21.3 Å². The number of hydrogen-bond donors (Lipinski definition) is 1. The average Bonchev–Trinajstić information content (AvgIpc) is 3.54. The van der Waals surface area contributed by atoms with Crippen molar-refractivity contribution in [2.75, 3.05) is 24.7 Å². The van der Waals surface area contributed by atoms with Crippen LogP contribution >= 0.6 is 11.3 Å². The van der Waals surface area contributed by atoms with Gasteiger partial charge in [-0.2, -0.15) is 0 Å². The van der Waals surface area contributed by atoms with E-state index in [1.54, 1.807) is 0 Å². The van der Waals surface area contributed by atoms with Crippen LogP contribution in [0.25, 0.3) is 10.3 Å². The molecular formula is C25H29F2N5O3S. The summed E-state index contributed by atoms with van der Waals surface area (Å²) in [6.45, 7) is 3.81. The molecule has 2 saturated heterocycles. The van der Waals surface area contributed by atoms with E-state index >= 15 is 0 Å². The summed E-state index contributed by atoms with van der Waals surface area (Å²) >= 11 is 1.09. The standard InChI is InChI=1S/C25H29F2N5O3S/c1-15(17-6-3-2-4-7-17)28-22(33)18-8-5-11-31(18)25-29-19-23(36-25)30-21(20(26)27)32(24(19)34)14-16-9-12-35-13-10-16/h2-4,6-7,15-16,18,20H,5,8-14H2,1H3,(H,28,33)/t15-,18-/m1/s1. The van der Waals surface area contributed by atoms with Crippen LogP contribution in [0.1, 0.15) is 56.5 Å². The van der Waals surface area contributed by atoms with E-state index in [2.05, 4.69) is 15.3 Å². The van der Waals surface area contributed by atoms with Gasteiger partial charge in [-0.1, -0.05) is 41.7 Å². The Labute approximate surface area is 211 Å². The van der Waals surface area contributed by atoms with E-state index in [9.17, 15) is 18.4 Å². The highest BCUT2D eigenvalue weighted by molar-refractivity contribution is 7.21. The lowest BCUT2D eigenvalue weighted by atomic mass is 10.0. The molecule has 2 aliphatic heterocycles. The van der Waals surface area contributed by atoms with Crippen molar-refractivity contribution in [2.24, 2.45) is 5.92 Å². The molecular weight excluding hydrogens is 488 g/mol. The van der Waals surface area contributed by atoms with Crippen LogP contribution in [0.2, 0.25) is 0 Å². The van der Waals surface area contributed by atoms with E-state index in [1.165, 1.54) is 0 Å². The maximum absolute atomic E-state index is 13.9. The zero-order valence-corrected chi connectivity index (χ0v) is 20.8. The number of halogens is 2. The molecule has 3 aromatic rings. The summed E-state index contributed by atoms with van der Waals surface area (Å²) in [5, 5.41) is 3.53. The number of anilines is 1. The fraction of sp³-hybridized carbons (Fsp3) is 0.520. The summed E-state index contributed by atoms with van der Waals surface area (Å²) in [7, 11) is 0. The van der Waals surface area contributed by atoms with Gasteiger partial charge in [0.25, 0.3) is 12.0 Å². The van der Waals surface area contributed by atoms with E-state index in [1.807, 2.05) is 42.2 Å². The minimum absolute atomic E-state index is 0.0737. The molecule has 1 aromatic carbocycles. The van der Waals surface area contributed by atoms with Crippen molar-refractivity contribution < 1.29 is 18.3 Å². The van der Waals surface area contributed by atoms with Crippen molar-refractivity contribution in [3.05, 3.63) is 52.1 Å². The van der Waals surface area contributed by atoms with Gasteiger partial charge in [-0.05, 0) is 44.1 Å². The number of alkyl halides is 2. The zero-order chi connectivity index (χ0) is 25.2. The number of nitrogens with one attached hydrogen (secondary N) is 1. The lowest BCUT2D eigenvalue weighted by Gasteiger charge is -2.25. The first-order valence-electron chi connectivity index (χ1n) is 12.3. The van der Waals surface area contributed by atoms with Crippen LogP contribution < -0.4 is 15.8 Å². The Balaban J connectivity index is 1.41. The molecule has 1 N–H and O–H groups in total. The minimum atomic E-state index is -2.88. The number of nitrogens with zero attached hydrogens (tertiary/aromatic N) is 4. The number of amides is 1. The van der Waals surface area contributed by atoms with Gasteiger partial charge < -0.3 is 15.0 Å². The summed E-state index contributed by atoms with van der Waals surface area (Å²) in [5.74, 6) is -0.576. The van der Waals surface area contributed by atoms with Crippen LogP contribution in [0.5, 0.6) is 0 Å². The Bertz CT molecular complexity index is 1280. The number of carbonyl (C=O) groups is 1. The highest BCUT2D eigenvalue weighted by Gasteiger charge is 2.34. The Morgan fingerprint density at radius 1 is 1.19 bits per heavy atom. The maximum atomic E-state index is 13.9. The van der Waals surface area contributed by atoms with E-state index in [-0.39, 0.29) is 34.8 Å². The Hall–Kier alpha value is -2.92. The highest BCUT2D eigenvalue weighted by atomic mass is 32.1. The van der Waals surface area contributed by atoms with Crippen molar-refractivity contribution >= 4 is 32.7 Å². The Morgan fingerprint density at radius 2 is 1.94 bits per heavy atom. The first-order valence-corrected chi connectivity index (χ1v) is 13.1. The topological polar surface area (TPSA) is 89.4 Å². The first-order chi connectivity index (χ1) is 17.4. The molecule has 0 aliphatic carbocycles. The number of thiazole rings is 1. The predicted molar refractivity (Wildman–Crippen MR) is 134 cm³/mol. The molecule has 0 saturated carbocycles. The summed E-state index contributed by atoms with van der Waals surface area (Å²) in [6.07, 6.45) is -0.0231. The Kier molecular flexibility index (Phi) is 7.29. The second-order valence-electron chi connectivity index (χ2n) is 9.38. The number of ether oxygens (including phenoxy) is 1. The monoisotopic (exact) mass is 517 g/mol. The van der Waals surface area contributed by atoms with Crippen molar-refractivity contribution in [1.29, 1.82) is 0 Å². The SMILES string of the molecule is C[C@@H](NC(=O)[C@H]1CCCN1c1nc2c(=O)n(CC3CCOCC3)c(C(F)F)nc2s1)c1ccccc1. The molecule has 0 unspecified atom stereocenters. The van der Waals surface area contributed by atoms with Crippen LogP contribution in [0, 0.1) is 5.92 Å². The fourth-order valence-corrected chi connectivity index (χ4v) is 5.98. The molecule has 36 heavy (non-hydrogen) atoms. The lowest BCUT2D eigenvalue weighted by Crippen LogP contribution is -2.44. The van der Waals surface area contributed by atoms with Gasteiger partial charge in [0, 0.05) is 26.3 Å². The summed E-state index contributed by atoms with van der Waals surface area (Å²) in [6, 6.07) is 9.09. The molecule has 0 spiro atoms. The van der Waals surface area contributed by atoms with Gasteiger partial charge in [-0.15, -0.1) is 0 Å². The zero-order valence-electron chi connectivity index (χ0n) is 20.0. The van der Waals surface area contributed by atoms with Crippen molar-refractivity contribution in [3.63, 3.8) is 0 Å². The maximum Gasteiger partial charge on any atom is 0.295 e. The van der Waals surface area contributed by atoms with Crippen molar-refractivity contribution in [1.82, 2.24) is 19.9 Å². The van der Waals surface area contributed by atoms with Crippen LogP contribution in [0.4, 0.5) is 13.9 Å². The van der Waals surface area contributed by atoms with Crippen LogP contribution in [-0.2, 0) is 16.1 Å². The van der Waals surface area contributed by atoms with E-state index < -0.39 is 23.9 Å². The molecule has 2 aliphatic rings. The molecule has 4 heterocycles. The molecule has 5 rings (SSSR count). The summed E-state index contributed by atoms with van der Waals surface area (Å²) < 4.78 is 34.2. The third-order valence-electron chi connectivity index (χ3n) is 6.97. The summed E-state index contributed by atoms with van der Waals surface area (Å²) in [4.78, 5) is 37.1. The molecule has 11 heteroatoms. The van der Waals surface area contributed by atoms with E-state index in [4.69, 9.17) is 4.74 Å². The summed E-state index contributed by atoms with van der Waals surface area (Å²) in [5.41, 5.74) is 0.529. The van der Waals surface area contributed by atoms with Crippen molar-refractivity contribution in [2.45, 2.75) is 57.7 Å². The molecule has 8 nitrogen and oxygen atoms in total. The van der Waals surface area contributed by atoms with Gasteiger partial charge in [-0.3, -0.25) is 14.2 Å². The number of rotatable bonds is 7. The second-order valence-corrected chi connectivity index (χ2v) is 10.3. The third-order valence-corrected chi connectivity index (χ3v) is 7.96. The minimum Gasteiger partial charge on any atom is -0.381 e. The predicted octanol–water partition coefficient (Wildman–Crippen LogP) is 4.06. The average molecular weight is 518 g/mol. The molecule has 2 fully saturated rings. The number of carbonyl (C=O) groups excluding carboxylic acids is 1. The lowest BCUT2D eigenvalue weighted by molar-refractivity contribution is -0.122. The van der Waals surface area contributed by atoms with Crippen LogP contribution in [0.15, 0.2) is 35.1 Å². The van der Waals surface area contributed by atoms with Gasteiger partial charge in [0.05, 0.1) is 6.04 Å². The van der Waals surface area contributed by atoms with Gasteiger partial charge in [0.2, 0.25) is 5.91 Å². The quantitative estimate of drug-likeness (QED) is 0.509. The molecule has 1 amide bonds. The van der Waals surface area contributed by atoms with E-state index in [0.29, 0.717) is 44.2 Å². The van der Waals surface area contributed by atoms with Crippen molar-refractivity contribution in [3.8, 4) is 0 Å². The molecule has 2 aromatic heterocycles. The fourth-order valence-electron chi connectivity index (χ4n) is 4.97. The molecule has 0 bridgehead atoms. The third kappa shape index (κ3) is 4.99. The normalized spacial score (nSPS) is 19.8. The number of aromatic nitrogens is 3. The number of hydrogen-bond acceptors (Lipinski definition) is 7.